The summed E-state index contributed by atoms with van der Waals surface area (Å²) in [5.41, 5.74) is 0.440. The van der Waals surface area contributed by atoms with Gasteiger partial charge in [0.2, 0.25) is 5.91 Å². The molecule has 0 aliphatic carbocycles. The number of fused-ring (bicyclic) bond motifs is 1. The van der Waals surface area contributed by atoms with Crippen LogP contribution in [-0.2, 0) is 17.8 Å². The topological polar surface area (TPSA) is 92.7 Å². The molecule has 0 spiro atoms. The van der Waals surface area contributed by atoms with E-state index in [4.69, 9.17) is 0 Å². The Morgan fingerprint density at radius 2 is 2.07 bits per heavy atom. The Bertz CT molecular complexity index is 1130. The average Bonchev–Trinajstić information content (AvgIpc) is 3.33. The average molecular weight is 379 g/mol. The van der Waals surface area contributed by atoms with Crippen molar-refractivity contribution in [3.05, 3.63) is 75.1 Å². The number of para-hydroxylation sites is 1. The number of aromatic nitrogens is 4. The lowest BCUT2D eigenvalue weighted by atomic mass is 10.2. The van der Waals surface area contributed by atoms with E-state index in [0.717, 1.165) is 4.88 Å². The summed E-state index contributed by atoms with van der Waals surface area (Å²) in [6, 6.07) is 12.9. The summed E-state index contributed by atoms with van der Waals surface area (Å²) >= 11 is 1.64. The zero-order valence-electron chi connectivity index (χ0n) is 14.4. The van der Waals surface area contributed by atoms with Crippen LogP contribution in [0, 0.1) is 0 Å². The number of thiophene rings is 1. The van der Waals surface area contributed by atoms with Crippen LogP contribution in [0.15, 0.2) is 58.8 Å². The molecule has 0 atom stereocenters. The van der Waals surface area contributed by atoms with Crippen LogP contribution in [0.5, 0.6) is 0 Å². The standard InChI is InChI=1S/C19H17N5O2S/c25-18(23-17-9-10-20-24(17)12-13-4-3-11-27-13)8-7-16-21-15-6-2-1-5-14(15)19(26)22-16/h1-6,9-11H,7-8,12H2,(H,23,25)(H,21,22,26). The van der Waals surface area contributed by atoms with E-state index in [-0.39, 0.29) is 17.9 Å². The van der Waals surface area contributed by atoms with Crippen molar-refractivity contribution in [1.82, 2.24) is 19.7 Å². The number of carbonyl (C=O) groups excluding carboxylic acids is 1. The van der Waals surface area contributed by atoms with Crippen LogP contribution in [0.1, 0.15) is 17.1 Å². The molecule has 27 heavy (non-hydrogen) atoms. The summed E-state index contributed by atoms with van der Waals surface area (Å²) in [5, 5.41) is 9.68. The third kappa shape index (κ3) is 3.95. The summed E-state index contributed by atoms with van der Waals surface area (Å²) in [4.78, 5) is 32.7. The highest BCUT2D eigenvalue weighted by Gasteiger charge is 2.10. The molecule has 0 saturated carbocycles. The predicted molar refractivity (Wildman–Crippen MR) is 105 cm³/mol. The van der Waals surface area contributed by atoms with Crippen LogP contribution < -0.4 is 10.9 Å². The normalized spacial score (nSPS) is 11.0. The van der Waals surface area contributed by atoms with Gasteiger partial charge in [0, 0.05) is 23.8 Å². The van der Waals surface area contributed by atoms with Gasteiger partial charge in [0.15, 0.2) is 0 Å². The van der Waals surface area contributed by atoms with Crippen LogP contribution in [0.4, 0.5) is 5.82 Å². The summed E-state index contributed by atoms with van der Waals surface area (Å²) in [7, 11) is 0. The molecule has 7 nitrogen and oxygen atoms in total. The molecule has 4 rings (SSSR count). The number of rotatable bonds is 6. The van der Waals surface area contributed by atoms with Gasteiger partial charge in [-0.05, 0) is 23.6 Å². The molecule has 0 bridgehead atoms. The lowest BCUT2D eigenvalue weighted by Crippen LogP contribution is -2.18. The monoisotopic (exact) mass is 379 g/mol. The predicted octanol–water partition coefficient (Wildman–Crippen LogP) is 2.80. The van der Waals surface area contributed by atoms with Gasteiger partial charge in [-0.1, -0.05) is 18.2 Å². The molecule has 4 aromatic rings. The largest absolute Gasteiger partial charge is 0.311 e. The number of hydrogen-bond donors (Lipinski definition) is 2. The molecule has 2 N–H and O–H groups in total. The van der Waals surface area contributed by atoms with Gasteiger partial charge in [-0.15, -0.1) is 11.3 Å². The van der Waals surface area contributed by atoms with Crippen LogP contribution >= 0.6 is 11.3 Å². The fourth-order valence-electron chi connectivity index (χ4n) is 2.81. The number of benzene rings is 1. The van der Waals surface area contributed by atoms with Gasteiger partial charge >= 0.3 is 0 Å². The molecule has 0 fully saturated rings. The number of carbonyl (C=O) groups is 1. The molecule has 1 amide bonds. The number of anilines is 1. The molecular formula is C19H17N5O2S. The van der Waals surface area contributed by atoms with Crippen molar-refractivity contribution in [2.24, 2.45) is 0 Å². The van der Waals surface area contributed by atoms with Crippen molar-refractivity contribution in [3.8, 4) is 0 Å². The second-order valence-corrected chi connectivity index (χ2v) is 7.06. The first-order valence-corrected chi connectivity index (χ1v) is 9.39. The molecule has 0 saturated heterocycles. The minimum atomic E-state index is -0.190. The van der Waals surface area contributed by atoms with Crippen molar-refractivity contribution in [2.45, 2.75) is 19.4 Å². The van der Waals surface area contributed by atoms with Gasteiger partial charge in [0.05, 0.1) is 23.6 Å². The van der Waals surface area contributed by atoms with E-state index in [1.165, 1.54) is 0 Å². The first-order valence-electron chi connectivity index (χ1n) is 8.51. The van der Waals surface area contributed by atoms with Crippen LogP contribution in [0.2, 0.25) is 0 Å². The molecule has 3 heterocycles. The van der Waals surface area contributed by atoms with E-state index in [1.54, 1.807) is 46.5 Å². The number of aryl methyl sites for hydroxylation is 1. The number of H-pyrrole nitrogens is 1. The molecule has 0 aliphatic rings. The van der Waals surface area contributed by atoms with Crippen molar-refractivity contribution >= 4 is 34.0 Å². The molecule has 3 aromatic heterocycles. The summed E-state index contributed by atoms with van der Waals surface area (Å²) in [6.07, 6.45) is 2.22. The van der Waals surface area contributed by atoms with Crippen molar-refractivity contribution in [1.29, 1.82) is 0 Å². The molecular weight excluding hydrogens is 362 g/mol. The highest BCUT2D eigenvalue weighted by molar-refractivity contribution is 7.09. The summed E-state index contributed by atoms with van der Waals surface area (Å²) in [5.74, 6) is 0.994. The number of amides is 1. The SMILES string of the molecule is O=C(CCc1nc2ccccc2c(=O)[nH]1)Nc1ccnn1Cc1cccs1. The first kappa shape index (κ1) is 17.2. The number of hydrogen-bond acceptors (Lipinski definition) is 5. The van der Waals surface area contributed by atoms with E-state index < -0.39 is 0 Å². The fourth-order valence-corrected chi connectivity index (χ4v) is 3.49. The van der Waals surface area contributed by atoms with Gasteiger partial charge in [-0.2, -0.15) is 5.10 Å². The third-order valence-electron chi connectivity index (χ3n) is 4.12. The van der Waals surface area contributed by atoms with Gasteiger partial charge in [0.25, 0.3) is 5.56 Å². The maximum atomic E-state index is 12.3. The van der Waals surface area contributed by atoms with Crippen LogP contribution in [-0.4, -0.2) is 25.7 Å². The lowest BCUT2D eigenvalue weighted by molar-refractivity contribution is -0.116. The number of nitrogens with zero attached hydrogens (tertiary/aromatic N) is 3. The quantitative estimate of drug-likeness (QED) is 0.539. The fraction of sp³-hybridized carbons (Fsp3) is 0.158. The maximum absolute atomic E-state index is 12.3. The second-order valence-electron chi connectivity index (χ2n) is 6.03. The third-order valence-corrected chi connectivity index (χ3v) is 4.98. The Morgan fingerprint density at radius 1 is 1.19 bits per heavy atom. The van der Waals surface area contributed by atoms with Gasteiger partial charge in [0.1, 0.15) is 11.6 Å². The zero-order chi connectivity index (χ0) is 18.6. The van der Waals surface area contributed by atoms with E-state index in [2.05, 4.69) is 20.4 Å². The summed E-state index contributed by atoms with van der Waals surface area (Å²) < 4.78 is 1.75. The Kier molecular flexibility index (Phi) is 4.80. The Morgan fingerprint density at radius 3 is 2.93 bits per heavy atom. The minimum Gasteiger partial charge on any atom is -0.311 e. The highest BCUT2D eigenvalue weighted by Crippen LogP contribution is 2.14. The van der Waals surface area contributed by atoms with E-state index >= 15 is 0 Å². The van der Waals surface area contributed by atoms with E-state index in [0.29, 0.717) is 35.5 Å². The Hall–Kier alpha value is -3.26. The zero-order valence-corrected chi connectivity index (χ0v) is 15.2. The number of nitrogens with one attached hydrogen (secondary N) is 2. The molecule has 0 aliphatic heterocycles. The Labute approximate surface area is 158 Å². The van der Waals surface area contributed by atoms with E-state index in [1.807, 2.05) is 23.6 Å². The van der Waals surface area contributed by atoms with Gasteiger partial charge in [-0.3, -0.25) is 9.59 Å². The van der Waals surface area contributed by atoms with Crippen molar-refractivity contribution < 1.29 is 4.79 Å². The molecule has 1 aromatic carbocycles. The summed E-state index contributed by atoms with van der Waals surface area (Å²) in [6.45, 7) is 0.611. The van der Waals surface area contributed by atoms with Crippen LogP contribution in [0.25, 0.3) is 10.9 Å². The maximum Gasteiger partial charge on any atom is 0.258 e. The molecule has 8 heteroatoms. The first-order chi connectivity index (χ1) is 13.2. The molecule has 0 radical (unpaired) electrons. The van der Waals surface area contributed by atoms with E-state index in [9.17, 15) is 9.59 Å². The smallest absolute Gasteiger partial charge is 0.258 e. The highest BCUT2D eigenvalue weighted by atomic mass is 32.1. The molecule has 0 unspecified atom stereocenters. The van der Waals surface area contributed by atoms with Gasteiger partial charge < -0.3 is 10.3 Å². The second kappa shape index (κ2) is 7.55. The van der Waals surface area contributed by atoms with Gasteiger partial charge in [-0.25, -0.2) is 9.67 Å². The van der Waals surface area contributed by atoms with Crippen LogP contribution in [0.3, 0.4) is 0 Å². The van der Waals surface area contributed by atoms with Crippen molar-refractivity contribution in [2.75, 3.05) is 5.32 Å². The number of aromatic amines is 1. The van der Waals surface area contributed by atoms with Crippen molar-refractivity contribution in [3.63, 3.8) is 0 Å². The lowest BCUT2D eigenvalue weighted by Gasteiger charge is -2.08. The minimum absolute atomic E-state index is 0.154. The molecule has 136 valence electrons. The Balaban J connectivity index is 1.41.